The second-order valence-corrected chi connectivity index (χ2v) is 5.20. The normalized spacial score (nSPS) is 14.3. The van der Waals surface area contributed by atoms with Crippen LogP contribution in [0.4, 0.5) is 0 Å². The van der Waals surface area contributed by atoms with Crippen molar-refractivity contribution in [2.45, 2.75) is 38.5 Å². The average molecular weight is 322 g/mol. The van der Waals surface area contributed by atoms with Gasteiger partial charge in [-0.15, -0.1) is 0 Å². The van der Waals surface area contributed by atoms with E-state index in [1.165, 1.54) is 13.8 Å². The Morgan fingerprint density at radius 2 is 1.74 bits per heavy atom. The summed E-state index contributed by atoms with van der Waals surface area (Å²) in [6.07, 6.45) is -0.964. The molecule has 1 rings (SSSR count). The number of hydrogen-bond donors (Lipinski definition) is 3. The molecule has 0 aliphatic heterocycles. The standard InChI is InChI=1S/C16H22N2O5/c1-10(15(21)18-14(11(2)19)16(22)23-3)17-13(20)9-12-7-5-4-6-8-12/h4-8,10-11,14,19H,9H2,1-3H3,(H,17,20)(H,18,21)/t10-,11+,14-/m0/s1. The molecule has 0 aliphatic carbocycles. The van der Waals surface area contributed by atoms with Crippen molar-refractivity contribution < 1.29 is 24.2 Å². The minimum Gasteiger partial charge on any atom is -0.467 e. The average Bonchev–Trinajstić information content (AvgIpc) is 2.52. The van der Waals surface area contributed by atoms with Crippen molar-refractivity contribution in [2.75, 3.05) is 7.11 Å². The topological polar surface area (TPSA) is 105 Å². The Labute approximate surface area is 135 Å². The fourth-order valence-electron chi connectivity index (χ4n) is 1.92. The van der Waals surface area contributed by atoms with E-state index in [1.54, 1.807) is 0 Å². The molecule has 7 heteroatoms. The van der Waals surface area contributed by atoms with Crippen LogP contribution < -0.4 is 10.6 Å². The largest absolute Gasteiger partial charge is 0.467 e. The summed E-state index contributed by atoms with van der Waals surface area (Å²) in [4.78, 5) is 35.4. The monoisotopic (exact) mass is 322 g/mol. The molecule has 7 nitrogen and oxygen atoms in total. The fraction of sp³-hybridized carbons (Fsp3) is 0.438. The SMILES string of the molecule is COC(=O)[C@@H](NC(=O)[C@H](C)NC(=O)Cc1ccccc1)[C@@H](C)O. The molecule has 0 bridgehead atoms. The summed E-state index contributed by atoms with van der Waals surface area (Å²) in [5.74, 6) is -1.65. The second-order valence-electron chi connectivity index (χ2n) is 5.20. The number of esters is 1. The van der Waals surface area contributed by atoms with Crippen LogP contribution in [0.5, 0.6) is 0 Å². The van der Waals surface area contributed by atoms with E-state index in [0.717, 1.165) is 12.7 Å². The van der Waals surface area contributed by atoms with Gasteiger partial charge in [-0.25, -0.2) is 4.79 Å². The van der Waals surface area contributed by atoms with Gasteiger partial charge in [0, 0.05) is 0 Å². The zero-order chi connectivity index (χ0) is 17.4. The van der Waals surface area contributed by atoms with Gasteiger partial charge in [-0.2, -0.15) is 0 Å². The number of benzene rings is 1. The van der Waals surface area contributed by atoms with Gasteiger partial charge in [-0.05, 0) is 19.4 Å². The predicted octanol–water partition coefficient (Wildman–Crippen LogP) is -0.228. The minimum absolute atomic E-state index is 0.148. The highest BCUT2D eigenvalue weighted by Crippen LogP contribution is 2.00. The first-order valence-corrected chi connectivity index (χ1v) is 7.24. The molecular formula is C16H22N2O5. The van der Waals surface area contributed by atoms with Crippen molar-refractivity contribution in [2.24, 2.45) is 0 Å². The predicted molar refractivity (Wildman–Crippen MR) is 83.4 cm³/mol. The summed E-state index contributed by atoms with van der Waals surface area (Å²) in [7, 11) is 1.16. The lowest BCUT2D eigenvalue weighted by molar-refractivity contribution is -0.148. The maximum atomic E-state index is 12.0. The van der Waals surface area contributed by atoms with Crippen molar-refractivity contribution in [3.8, 4) is 0 Å². The van der Waals surface area contributed by atoms with Gasteiger partial charge in [-0.3, -0.25) is 9.59 Å². The molecule has 0 aromatic heterocycles. The molecule has 0 radical (unpaired) electrons. The molecule has 126 valence electrons. The minimum atomic E-state index is -1.18. The number of rotatable bonds is 7. The van der Waals surface area contributed by atoms with Crippen LogP contribution in [-0.4, -0.2) is 48.2 Å². The molecule has 0 aliphatic rings. The Kier molecular flexibility index (Phi) is 7.21. The first-order chi connectivity index (χ1) is 10.8. The van der Waals surface area contributed by atoms with Crippen LogP contribution in [-0.2, 0) is 25.5 Å². The number of carbonyl (C=O) groups is 3. The quantitative estimate of drug-likeness (QED) is 0.602. The first-order valence-electron chi connectivity index (χ1n) is 7.24. The maximum absolute atomic E-state index is 12.0. The van der Waals surface area contributed by atoms with E-state index in [0.29, 0.717) is 0 Å². The van der Waals surface area contributed by atoms with E-state index < -0.39 is 30.1 Å². The molecule has 0 saturated carbocycles. The number of amides is 2. The summed E-state index contributed by atoms with van der Waals surface area (Å²) in [6, 6.07) is 7.08. The highest BCUT2D eigenvalue weighted by Gasteiger charge is 2.28. The van der Waals surface area contributed by atoms with Gasteiger partial charge in [0.25, 0.3) is 0 Å². The molecule has 0 spiro atoms. The highest BCUT2D eigenvalue weighted by atomic mass is 16.5. The Morgan fingerprint density at radius 1 is 1.13 bits per heavy atom. The molecule has 1 aromatic carbocycles. The third-order valence-corrected chi connectivity index (χ3v) is 3.21. The number of aliphatic hydroxyl groups excluding tert-OH is 1. The van der Waals surface area contributed by atoms with E-state index in [-0.39, 0.29) is 12.3 Å². The number of ether oxygens (including phenoxy) is 1. The van der Waals surface area contributed by atoms with Crippen LogP contribution in [0, 0.1) is 0 Å². The Bertz CT molecular complexity index is 545. The number of carbonyl (C=O) groups excluding carboxylic acids is 3. The lowest BCUT2D eigenvalue weighted by Crippen LogP contribution is -2.54. The molecule has 1 aromatic rings. The fourth-order valence-corrected chi connectivity index (χ4v) is 1.92. The molecular weight excluding hydrogens is 300 g/mol. The summed E-state index contributed by atoms with van der Waals surface area (Å²) in [5, 5.41) is 14.4. The number of aliphatic hydroxyl groups is 1. The van der Waals surface area contributed by atoms with Gasteiger partial charge in [0.2, 0.25) is 11.8 Å². The second kappa shape index (κ2) is 8.89. The third kappa shape index (κ3) is 6.07. The van der Waals surface area contributed by atoms with Gasteiger partial charge in [0.15, 0.2) is 6.04 Å². The van der Waals surface area contributed by atoms with Gasteiger partial charge in [0.1, 0.15) is 6.04 Å². The smallest absolute Gasteiger partial charge is 0.331 e. The van der Waals surface area contributed by atoms with E-state index in [4.69, 9.17) is 0 Å². The Morgan fingerprint density at radius 3 is 2.26 bits per heavy atom. The van der Waals surface area contributed by atoms with Crippen molar-refractivity contribution in [3.05, 3.63) is 35.9 Å². The molecule has 0 saturated heterocycles. The number of hydrogen-bond acceptors (Lipinski definition) is 5. The van der Waals surface area contributed by atoms with Gasteiger partial charge in [-0.1, -0.05) is 30.3 Å². The van der Waals surface area contributed by atoms with E-state index in [9.17, 15) is 19.5 Å². The summed E-state index contributed by atoms with van der Waals surface area (Å²) >= 11 is 0. The maximum Gasteiger partial charge on any atom is 0.331 e. The van der Waals surface area contributed by atoms with Crippen molar-refractivity contribution in [1.82, 2.24) is 10.6 Å². The molecule has 0 unspecified atom stereocenters. The molecule has 0 heterocycles. The third-order valence-electron chi connectivity index (χ3n) is 3.21. The number of nitrogens with one attached hydrogen (secondary N) is 2. The molecule has 3 atom stereocenters. The summed E-state index contributed by atoms with van der Waals surface area (Å²) < 4.78 is 4.51. The Balaban J connectivity index is 2.55. The van der Waals surface area contributed by atoms with Crippen LogP contribution in [0.1, 0.15) is 19.4 Å². The van der Waals surface area contributed by atoms with Crippen LogP contribution in [0.2, 0.25) is 0 Å². The van der Waals surface area contributed by atoms with E-state index in [1.807, 2.05) is 30.3 Å². The molecule has 0 fully saturated rings. The molecule has 3 N–H and O–H groups in total. The summed E-state index contributed by atoms with van der Waals surface area (Å²) in [5.41, 5.74) is 0.828. The van der Waals surface area contributed by atoms with Crippen LogP contribution in [0.15, 0.2) is 30.3 Å². The van der Waals surface area contributed by atoms with Gasteiger partial charge >= 0.3 is 5.97 Å². The molecule has 23 heavy (non-hydrogen) atoms. The van der Waals surface area contributed by atoms with Gasteiger partial charge < -0.3 is 20.5 Å². The lowest BCUT2D eigenvalue weighted by atomic mass is 10.1. The van der Waals surface area contributed by atoms with Crippen LogP contribution >= 0.6 is 0 Å². The summed E-state index contributed by atoms with van der Waals surface area (Å²) in [6.45, 7) is 2.86. The lowest BCUT2D eigenvalue weighted by Gasteiger charge is -2.21. The van der Waals surface area contributed by atoms with Gasteiger partial charge in [0.05, 0.1) is 19.6 Å². The Hall–Kier alpha value is -2.41. The van der Waals surface area contributed by atoms with E-state index in [2.05, 4.69) is 15.4 Å². The van der Waals surface area contributed by atoms with Crippen molar-refractivity contribution in [1.29, 1.82) is 0 Å². The first kappa shape index (κ1) is 18.6. The van der Waals surface area contributed by atoms with Crippen molar-refractivity contribution >= 4 is 17.8 Å². The zero-order valence-corrected chi connectivity index (χ0v) is 13.4. The van der Waals surface area contributed by atoms with Crippen LogP contribution in [0.3, 0.4) is 0 Å². The van der Waals surface area contributed by atoms with Crippen molar-refractivity contribution in [3.63, 3.8) is 0 Å². The highest BCUT2D eigenvalue weighted by molar-refractivity contribution is 5.91. The molecule has 2 amide bonds. The number of methoxy groups -OCH3 is 1. The van der Waals surface area contributed by atoms with E-state index >= 15 is 0 Å². The zero-order valence-electron chi connectivity index (χ0n) is 13.4. The van der Waals surface area contributed by atoms with Crippen LogP contribution in [0.25, 0.3) is 0 Å².